The SMILES string of the molecule is CC1(C)CCCN(C(=O)NC2CCOC2)C1. The molecule has 4 nitrogen and oxygen atoms in total. The number of piperidine rings is 1. The maximum Gasteiger partial charge on any atom is 0.317 e. The Kier molecular flexibility index (Phi) is 3.38. The van der Waals surface area contributed by atoms with Crippen LogP contribution in [0.15, 0.2) is 0 Å². The average Bonchev–Trinajstić information content (AvgIpc) is 2.69. The van der Waals surface area contributed by atoms with E-state index in [2.05, 4.69) is 19.2 Å². The van der Waals surface area contributed by atoms with E-state index < -0.39 is 0 Å². The van der Waals surface area contributed by atoms with Crippen molar-refractivity contribution < 1.29 is 9.53 Å². The second-order valence-electron chi connectivity index (χ2n) is 5.70. The van der Waals surface area contributed by atoms with Crippen LogP contribution in [0.1, 0.15) is 33.1 Å². The van der Waals surface area contributed by atoms with E-state index >= 15 is 0 Å². The Balaban J connectivity index is 1.84. The van der Waals surface area contributed by atoms with E-state index in [1.165, 1.54) is 6.42 Å². The number of carbonyl (C=O) groups excluding carboxylic acids is 1. The molecule has 2 aliphatic heterocycles. The third kappa shape index (κ3) is 2.88. The van der Waals surface area contributed by atoms with Crippen LogP contribution in [0.2, 0.25) is 0 Å². The molecular formula is C12H22N2O2. The van der Waals surface area contributed by atoms with Gasteiger partial charge in [0.2, 0.25) is 0 Å². The topological polar surface area (TPSA) is 41.6 Å². The number of ether oxygens (including phenoxy) is 1. The van der Waals surface area contributed by atoms with E-state index in [-0.39, 0.29) is 17.5 Å². The van der Waals surface area contributed by atoms with Gasteiger partial charge in [-0.05, 0) is 24.7 Å². The molecule has 16 heavy (non-hydrogen) atoms. The summed E-state index contributed by atoms with van der Waals surface area (Å²) in [6.45, 7) is 7.66. The molecular weight excluding hydrogens is 204 g/mol. The number of nitrogens with one attached hydrogen (secondary N) is 1. The summed E-state index contributed by atoms with van der Waals surface area (Å²) >= 11 is 0. The lowest BCUT2D eigenvalue weighted by Gasteiger charge is -2.38. The van der Waals surface area contributed by atoms with E-state index in [0.29, 0.717) is 6.61 Å². The van der Waals surface area contributed by atoms with Crippen LogP contribution in [-0.2, 0) is 4.74 Å². The lowest BCUT2D eigenvalue weighted by molar-refractivity contribution is 0.125. The van der Waals surface area contributed by atoms with Gasteiger partial charge in [-0.25, -0.2) is 4.79 Å². The third-order valence-electron chi connectivity index (χ3n) is 3.44. The van der Waals surface area contributed by atoms with Gasteiger partial charge in [-0.3, -0.25) is 0 Å². The molecule has 2 saturated heterocycles. The molecule has 0 aromatic carbocycles. The Morgan fingerprint density at radius 2 is 2.31 bits per heavy atom. The number of carbonyl (C=O) groups is 1. The first kappa shape index (κ1) is 11.7. The Morgan fingerprint density at radius 1 is 1.50 bits per heavy atom. The number of nitrogens with zero attached hydrogens (tertiary/aromatic N) is 1. The van der Waals surface area contributed by atoms with Crippen LogP contribution < -0.4 is 5.32 Å². The second-order valence-corrected chi connectivity index (χ2v) is 5.70. The molecule has 0 radical (unpaired) electrons. The van der Waals surface area contributed by atoms with E-state index in [1.54, 1.807) is 0 Å². The quantitative estimate of drug-likeness (QED) is 0.738. The van der Waals surface area contributed by atoms with Gasteiger partial charge in [0.15, 0.2) is 0 Å². The summed E-state index contributed by atoms with van der Waals surface area (Å²) in [6.07, 6.45) is 3.27. The Labute approximate surface area is 97.3 Å². The molecule has 4 heteroatoms. The molecule has 0 bridgehead atoms. The maximum atomic E-state index is 12.0. The van der Waals surface area contributed by atoms with Gasteiger partial charge in [-0.2, -0.15) is 0 Å². The average molecular weight is 226 g/mol. The van der Waals surface area contributed by atoms with Crippen molar-refractivity contribution in [3.63, 3.8) is 0 Å². The molecule has 0 aliphatic carbocycles. The number of amides is 2. The second kappa shape index (κ2) is 4.62. The van der Waals surface area contributed by atoms with Crippen LogP contribution >= 0.6 is 0 Å². The van der Waals surface area contributed by atoms with Crippen LogP contribution in [0.4, 0.5) is 4.79 Å². The van der Waals surface area contributed by atoms with Crippen molar-refractivity contribution in [3.8, 4) is 0 Å². The number of likely N-dealkylation sites (tertiary alicyclic amines) is 1. The first-order chi connectivity index (χ1) is 7.57. The molecule has 2 fully saturated rings. The number of urea groups is 1. The van der Waals surface area contributed by atoms with Crippen molar-refractivity contribution in [2.75, 3.05) is 26.3 Å². The summed E-state index contributed by atoms with van der Waals surface area (Å²) in [5.74, 6) is 0. The van der Waals surface area contributed by atoms with Gasteiger partial charge in [0.25, 0.3) is 0 Å². The van der Waals surface area contributed by atoms with Crippen molar-refractivity contribution in [1.29, 1.82) is 0 Å². The fraction of sp³-hybridized carbons (Fsp3) is 0.917. The maximum absolute atomic E-state index is 12.0. The first-order valence-electron chi connectivity index (χ1n) is 6.20. The van der Waals surface area contributed by atoms with E-state index in [9.17, 15) is 4.79 Å². The minimum absolute atomic E-state index is 0.0864. The van der Waals surface area contributed by atoms with Crippen molar-refractivity contribution >= 4 is 6.03 Å². The molecule has 2 amide bonds. The fourth-order valence-corrected chi connectivity index (χ4v) is 2.51. The molecule has 92 valence electrons. The first-order valence-corrected chi connectivity index (χ1v) is 6.20. The van der Waals surface area contributed by atoms with E-state index in [1.807, 2.05) is 4.90 Å². The number of hydrogen-bond acceptors (Lipinski definition) is 2. The molecule has 2 rings (SSSR count). The van der Waals surface area contributed by atoms with Gasteiger partial charge in [0.05, 0.1) is 12.6 Å². The Hall–Kier alpha value is -0.770. The summed E-state index contributed by atoms with van der Waals surface area (Å²) in [5, 5.41) is 3.05. The number of hydrogen-bond donors (Lipinski definition) is 1. The Morgan fingerprint density at radius 3 is 2.94 bits per heavy atom. The highest BCUT2D eigenvalue weighted by Gasteiger charge is 2.30. The predicted molar refractivity (Wildman–Crippen MR) is 62.3 cm³/mol. The van der Waals surface area contributed by atoms with Crippen LogP contribution in [-0.4, -0.2) is 43.3 Å². The summed E-state index contributed by atoms with van der Waals surface area (Å²) in [6, 6.07) is 0.306. The van der Waals surface area contributed by atoms with Crippen molar-refractivity contribution in [2.45, 2.75) is 39.2 Å². The highest BCUT2D eigenvalue weighted by Crippen LogP contribution is 2.28. The van der Waals surface area contributed by atoms with Crippen molar-refractivity contribution in [1.82, 2.24) is 10.2 Å². The van der Waals surface area contributed by atoms with E-state index in [4.69, 9.17) is 4.74 Å². The Bertz CT molecular complexity index is 260. The summed E-state index contributed by atoms with van der Waals surface area (Å²) in [5.41, 5.74) is 0.266. The lowest BCUT2D eigenvalue weighted by atomic mass is 9.84. The molecule has 0 saturated carbocycles. The monoisotopic (exact) mass is 226 g/mol. The highest BCUT2D eigenvalue weighted by molar-refractivity contribution is 5.74. The molecule has 2 aliphatic rings. The summed E-state index contributed by atoms with van der Waals surface area (Å²) in [4.78, 5) is 13.9. The normalized spacial score (nSPS) is 29.1. The third-order valence-corrected chi connectivity index (χ3v) is 3.44. The predicted octanol–water partition coefficient (Wildman–Crippen LogP) is 1.61. The molecule has 0 aromatic heterocycles. The molecule has 1 unspecified atom stereocenters. The molecule has 0 spiro atoms. The van der Waals surface area contributed by atoms with Crippen LogP contribution in [0.25, 0.3) is 0 Å². The molecule has 1 N–H and O–H groups in total. The largest absolute Gasteiger partial charge is 0.379 e. The van der Waals surface area contributed by atoms with Crippen molar-refractivity contribution in [2.24, 2.45) is 5.41 Å². The minimum atomic E-state index is 0.0864. The summed E-state index contributed by atoms with van der Waals surface area (Å²) < 4.78 is 5.25. The van der Waals surface area contributed by atoms with Gasteiger partial charge in [0.1, 0.15) is 0 Å². The standard InChI is InChI=1S/C12H22N2O2/c1-12(2)5-3-6-14(9-12)11(15)13-10-4-7-16-8-10/h10H,3-9H2,1-2H3,(H,13,15). The van der Waals surface area contributed by atoms with E-state index in [0.717, 1.165) is 32.5 Å². The highest BCUT2D eigenvalue weighted by atomic mass is 16.5. The van der Waals surface area contributed by atoms with Gasteiger partial charge in [-0.1, -0.05) is 13.8 Å². The molecule has 0 aromatic rings. The lowest BCUT2D eigenvalue weighted by Crippen LogP contribution is -2.50. The zero-order valence-corrected chi connectivity index (χ0v) is 10.3. The van der Waals surface area contributed by atoms with Gasteiger partial charge < -0.3 is 15.0 Å². The fourth-order valence-electron chi connectivity index (χ4n) is 2.51. The van der Waals surface area contributed by atoms with Gasteiger partial charge in [0, 0.05) is 19.7 Å². The smallest absolute Gasteiger partial charge is 0.317 e. The van der Waals surface area contributed by atoms with Crippen molar-refractivity contribution in [3.05, 3.63) is 0 Å². The van der Waals surface area contributed by atoms with Crippen LogP contribution in [0.3, 0.4) is 0 Å². The van der Waals surface area contributed by atoms with Crippen LogP contribution in [0, 0.1) is 5.41 Å². The zero-order chi connectivity index (χ0) is 11.6. The zero-order valence-electron chi connectivity index (χ0n) is 10.3. The van der Waals surface area contributed by atoms with Gasteiger partial charge >= 0.3 is 6.03 Å². The molecule has 1 atom stereocenters. The summed E-state index contributed by atoms with van der Waals surface area (Å²) in [7, 11) is 0. The molecule has 2 heterocycles. The van der Waals surface area contributed by atoms with Gasteiger partial charge in [-0.15, -0.1) is 0 Å². The number of rotatable bonds is 1. The van der Waals surface area contributed by atoms with Crippen LogP contribution in [0.5, 0.6) is 0 Å². The minimum Gasteiger partial charge on any atom is -0.379 e.